The summed E-state index contributed by atoms with van der Waals surface area (Å²) < 4.78 is 91.7. The van der Waals surface area contributed by atoms with Crippen molar-refractivity contribution in [2.45, 2.75) is 160 Å². The van der Waals surface area contributed by atoms with E-state index in [0.717, 1.165) is 13.8 Å². The van der Waals surface area contributed by atoms with Gasteiger partial charge in [0.25, 0.3) is 10.1 Å². The first kappa shape index (κ1) is 56.6. The van der Waals surface area contributed by atoms with Gasteiger partial charge < -0.3 is 119 Å². The Morgan fingerprint density at radius 1 is 0.631 bits per heavy atom. The van der Waals surface area contributed by atoms with E-state index in [0.29, 0.717) is 0 Å². The van der Waals surface area contributed by atoms with Crippen LogP contribution in [-0.4, -0.2) is 273 Å². The zero-order valence-corrected chi connectivity index (χ0v) is 38.1. The quantitative estimate of drug-likeness (QED) is 0.0295. The summed E-state index contributed by atoms with van der Waals surface area (Å²) in [5.74, 6) is -1.68. The third-order valence-corrected chi connectivity index (χ3v) is 12.4. The fourth-order valence-electron chi connectivity index (χ4n) is 8.01. The van der Waals surface area contributed by atoms with E-state index < -0.39 is 201 Å². The summed E-state index contributed by atoms with van der Waals surface area (Å²) in [6, 6.07) is -3.33. The van der Waals surface area contributed by atoms with Crippen molar-refractivity contribution in [3.8, 4) is 0 Å². The van der Waals surface area contributed by atoms with Gasteiger partial charge in [0.15, 0.2) is 31.5 Å². The maximum Gasteiger partial charge on any atom is 1.00 e. The molecule has 0 radical (unpaired) electrons. The molecule has 5 saturated heterocycles. The minimum Gasteiger partial charge on any atom is -0.862 e. The normalized spacial score (nSPS) is 46.6. The van der Waals surface area contributed by atoms with Crippen molar-refractivity contribution in [1.29, 1.82) is 0 Å². The van der Waals surface area contributed by atoms with Crippen LogP contribution in [0.4, 0.5) is 0 Å². The first-order chi connectivity index (χ1) is 30.1. The van der Waals surface area contributed by atoms with Crippen molar-refractivity contribution < 1.29 is 161 Å². The van der Waals surface area contributed by atoms with Gasteiger partial charge in [-0.05, 0) is 12.8 Å². The van der Waals surface area contributed by atoms with E-state index in [2.05, 4.69) is 10.3 Å². The van der Waals surface area contributed by atoms with Gasteiger partial charge >= 0.3 is 29.6 Å². The van der Waals surface area contributed by atoms with Crippen molar-refractivity contribution in [2.75, 3.05) is 40.1 Å². The molecule has 0 aromatic carbocycles. The predicted molar refractivity (Wildman–Crippen MR) is 197 cm³/mol. The molecular formula is C34H57N2NaO27S. The summed E-state index contributed by atoms with van der Waals surface area (Å²) in [7, 11) is -4.19. The SMILES string of the molecule is CO[C@@H]1O[C@H](CO)[C@@H](O[C@@H]2O[C@H](CO)[C@H](O)[C@H](O[C@@H]3O[C@H](CO)[C@@H](O[C@@H]4OC[C@@H](O)[C@@H](O)[C@@H]4O)[C@H](O[C@@H]4O[C@H](CO)[C@H](O)[C@H](S(=O)(=O)O)[C@H]4O)[C@H]3NC(C)=O)[C@H]2O)[C@H](O)[C@H]1N=C(C)[O-].[Na+]. The van der Waals surface area contributed by atoms with Crippen LogP contribution in [0.15, 0.2) is 4.99 Å². The number of aliphatic imine (C=N–C) groups is 1. The number of nitrogens with one attached hydrogen (secondary N) is 1. The average Bonchev–Trinajstić information content (AvgIpc) is 3.23. The fourth-order valence-corrected chi connectivity index (χ4v) is 9.01. The van der Waals surface area contributed by atoms with E-state index in [4.69, 9.17) is 47.4 Å². The summed E-state index contributed by atoms with van der Waals surface area (Å²) in [6.45, 7) is -2.63. The van der Waals surface area contributed by atoms with Crippen molar-refractivity contribution in [1.82, 2.24) is 5.32 Å². The molecule has 0 unspecified atom stereocenters. The second kappa shape index (κ2) is 24.2. The van der Waals surface area contributed by atoms with Gasteiger partial charge in [-0.25, -0.2) is 0 Å². The standard InChI is InChI=1S/C34H58N2O27S.Na/c1-9(41)35-16-21(47)25(14(6-39)58-30(16)54-3)60-33-23(49)28(19(45)12(4-37)56-33)63-31-17(36-10(2)42)27(62-34-24(50)29(64(51,52)53)20(46)13(5-38)57-34)26(15(7-40)59-31)61-32-22(48)18(44)11(43)8-55-32;/h11-34,37-40,43-50H,4-8H2,1-3H3,(H,35,41)(H,36,42)(H,51,52,53);/q;+1/p-1/t11-,12-,13-,14-,15-,16-,17-,18-,19+,20+,21-,22+,23-,24-,25-,26-,27-,28+,29+,30-,31+,32+,33+,34+;/m1./s1. The summed E-state index contributed by atoms with van der Waals surface area (Å²) in [4.78, 5) is 16.6. The van der Waals surface area contributed by atoms with Gasteiger partial charge in [-0.15, -0.1) is 0 Å². The molecule has 0 spiro atoms. The number of nitrogens with zero attached hydrogens (tertiary/aromatic N) is 1. The molecule has 372 valence electrons. The largest absolute Gasteiger partial charge is 1.00 e. The second-order valence-electron chi connectivity index (χ2n) is 15.6. The van der Waals surface area contributed by atoms with E-state index in [1.54, 1.807) is 0 Å². The minimum atomic E-state index is -5.36. The number of ether oxygens (including phenoxy) is 10. The maximum atomic E-state index is 12.9. The van der Waals surface area contributed by atoms with Crippen molar-refractivity contribution in [2.24, 2.45) is 4.99 Å². The van der Waals surface area contributed by atoms with Crippen molar-refractivity contribution in [3.05, 3.63) is 0 Å². The summed E-state index contributed by atoms with van der Waals surface area (Å²) in [5.41, 5.74) is 0. The van der Waals surface area contributed by atoms with Crippen LogP contribution < -0.4 is 40.0 Å². The molecule has 0 aromatic rings. The van der Waals surface area contributed by atoms with Crippen LogP contribution in [0.5, 0.6) is 0 Å². The molecule has 14 N–H and O–H groups in total. The van der Waals surface area contributed by atoms with Crippen LogP contribution in [0.1, 0.15) is 13.8 Å². The van der Waals surface area contributed by atoms with Crippen LogP contribution in [0.2, 0.25) is 0 Å². The Bertz CT molecular complexity index is 1660. The molecule has 5 aliphatic heterocycles. The molecule has 29 nitrogen and oxygen atoms in total. The molecule has 31 heteroatoms. The predicted octanol–water partition coefficient (Wildman–Crippen LogP) is -13.8. The van der Waals surface area contributed by atoms with Crippen LogP contribution in [0.3, 0.4) is 0 Å². The van der Waals surface area contributed by atoms with E-state index in [1.165, 1.54) is 7.11 Å². The Balaban J connectivity index is 0.00000925. The van der Waals surface area contributed by atoms with Crippen LogP contribution in [0.25, 0.3) is 0 Å². The summed E-state index contributed by atoms with van der Waals surface area (Å²) in [6.07, 6.45) is -40.2. The van der Waals surface area contributed by atoms with Gasteiger partial charge in [0, 0.05) is 14.0 Å². The number of rotatable bonds is 16. The van der Waals surface area contributed by atoms with E-state index in [9.17, 15) is 84.1 Å². The number of aliphatic hydroxyl groups is 12. The number of amides is 1. The summed E-state index contributed by atoms with van der Waals surface area (Å²) in [5, 5.41) is 140. The molecule has 0 aromatic heterocycles. The van der Waals surface area contributed by atoms with Crippen molar-refractivity contribution in [3.63, 3.8) is 0 Å². The number of carbonyl (C=O) groups is 1. The third-order valence-electron chi connectivity index (χ3n) is 11.2. The van der Waals surface area contributed by atoms with Gasteiger partial charge in [-0.1, -0.05) is 0 Å². The first-order valence-corrected chi connectivity index (χ1v) is 21.3. The molecule has 5 fully saturated rings. The Morgan fingerprint density at radius 3 is 1.66 bits per heavy atom. The van der Waals surface area contributed by atoms with Crippen molar-refractivity contribution >= 4 is 21.9 Å². The Labute approximate surface area is 392 Å². The van der Waals surface area contributed by atoms with Crippen LogP contribution in [-0.2, 0) is 62.3 Å². The van der Waals surface area contributed by atoms with Crippen LogP contribution >= 0.6 is 0 Å². The maximum absolute atomic E-state index is 12.9. The molecule has 5 heterocycles. The number of hydrogen-bond acceptors (Lipinski definition) is 27. The third kappa shape index (κ3) is 12.7. The van der Waals surface area contributed by atoms with E-state index in [1.807, 2.05) is 0 Å². The minimum absolute atomic E-state index is 0. The molecule has 65 heavy (non-hydrogen) atoms. The fraction of sp³-hybridized carbons (Fsp3) is 0.941. The zero-order chi connectivity index (χ0) is 47.5. The van der Waals surface area contributed by atoms with Crippen LogP contribution in [0, 0.1) is 0 Å². The Kier molecular flexibility index (Phi) is 21.1. The first-order valence-electron chi connectivity index (χ1n) is 19.8. The Hall–Kier alpha value is -1.03. The molecule has 24 atom stereocenters. The second-order valence-corrected chi connectivity index (χ2v) is 17.2. The van der Waals surface area contributed by atoms with Gasteiger partial charge in [0.05, 0.1) is 33.0 Å². The van der Waals surface area contributed by atoms with Gasteiger partial charge in [-0.2, -0.15) is 8.42 Å². The molecule has 5 aliphatic rings. The number of aliphatic hydroxyl groups excluding tert-OH is 12. The molecule has 0 saturated carbocycles. The molecule has 1 amide bonds. The molecule has 0 aliphatic carbocycles. The van der Waals surface area contributed by atoms with Gasteiger partial charge in [0.1, 0.15) is 115 Å². The number of carbonyl (C=O) groups excluding carboxylic acids is 1. The topological polar surface area (TPSA) is 454 Å². The number of hydrogen-bond donors (Lipinski definition) is 14. The average molecular weight is 981 g/mol. The Morgan fingerprint density at radius 2 is 1.12 bits per heavy atom. The summed E-state index contributed by atoms with van der Waals surface area (Å²) >= 11 is 0. The van der Waals surface area contributed by atoms with Gasteiger partial charge in [0.2, 0.25) is 5.91 Å². The zero-order valence-electron chi connectivity index (χ0n) is 35.3. The van der Waals surface area contributed by atoms with E-state index in [-0.39, 0.29) is 29.6 Å². The number of methoxy groups -OCH3 is 1. The van der Waals surface area contributed by atoms with E-state index >= 15 is 0 Å². The van der Waals surface area contributed by atoms with Gasteiger partial charge in [-0.3, -0.25) is 14.3 Å². The molecule has 0 bridgehead atoms. The molecular weight excluding hydrogens is 923 g/mol. The monoisotopic (exact) mass is 980 g/mol. The molecule has 5 rings (SSSR count). The smallest absolute Gasteiger partial charge is 0.862 e.